The third kappa shape index (κ3) is 5.12. The summed E-state index contributed by atoms with van der Waals surface area (Å²) in [6, 6.07) is 9.60. The molecule has 0 bridgehead atoms. The Bertz CT molecular complexity index is 379. The fraction of sp³-hybridized carbons (Fsp3) is 0.154. The van der Waals surface area contributed by atoms with E-state index in [1.807, 2.05) is 30.3 Å². The van der Waals surface area contributed by atoms with Gasteiger partial charge >= 0.3 is 5.97 Å². The van der Waals surface area contributed by atoms with Gasteiger partial charge in [-0.05, 0) is 12.0 Å². The second-order valence-electron chi connectivity index (χ2n) is 3.31. The van der Waals surface area contributed by atoms with Crippen molar-refractivity contribution in [2.24, 2.45) is 0 Å². The summed E-state index contributed by atoms with van der Waals surface area (Å²) in [5, 5.41) is 17.8. The predicted octanol–water partition coefficient (Wildman–Crippen LogP) is 2.09. The molecule has 1 aromatic carbocycles. The molecule has 0 fully saturated rings. The molecular weight excluding hydrogens is 204 g/mol. The van der Waals surface area contributed by atoms with Crippen LogP contribution in [0.4, 0.5) is 0 Å². The van der Waals surface area contributed by atoms with Gasteiger partial charge in [0, 0.05) is 6.08 Å². The number of carbonyl (C=O) groups is 1. The second-order valence-corrected chi connectivity index (χ2v) is 3.31. The third-order valence-corrected chi connectivity index (χ3v) is 1.95. The highest BCUT2D eigenvalue weighted by atomic mass is 16.4. The van der Waals surface area contributed by atoms with Crippen molar-refractivity contribution in [2.75, 3.05) is 0 Å². The zero-order valence-electron chi connectivity index (χ0n) is 8.78. The molecule has 3 heteroatoms. The zero-order valence-corrected chi connectivity index (χ0v) is 8.78. The summed E-state index contributed by atoms with van der Waals surface area (Å²) in [4.78, 5) is 10.2. The van der Waals surface area contributed by atoms with Crippen molar-refractivity contribution in [1.82, 2.24) is 0 Å². The highest BCUT2D eigenvalue weighted by Crippen LogP contribution is 2.04. The summed E-state index contributed by atoms with van der Waals surface area (Å²) in [5.74, 6) is -1.00. The number of carboxylic acid groups (broad SMARTS) is 1. The van der Waals surface area contributed by atoms with Crippen molar-refractivity contribution < 1.29 is 15.0 Å². The topological polar surface area (TPSA) is 57.5 Å². The molecule has 0 aliphatic rings. The van der Waals surface area contributed by atoms with Gasteiger partial charge in [0.2, 0.25) is 0 Å². The van der Waals surface area contributed by atoms with Crippen LogP contribution in [0.3, 0.4) is 0 Å². The molecule has 0 aromatic heterocycles. The Morgan fingerprint density at radius 2 is 2.00 bits per heavy atom. The molecule has 0 aliphatic carbocycles. The number of hydrogen-bond acceptors (Lipinski definition) is 2. The lowest BCUT2D eigenvalue weighted by Gasteiger charge is -2.00. The molecular formula is C13H14O3. The van der Waals surface area contributed by atoms with E-state index in [2.05, 4.69) is 0 Å². The van der Waals surface area contributed by atoms with Crippen molar-refractivity contribution in [1.29, 1.82) is 0 Å². The van der Waals surface area contributed by atoms with E-state index in [-0.39, 0.29) is 0 Å². The van der Waals surface area contributed by atoms with E-state index in [1.165, 1.54) is 6.08 Å². The predicted molar refractivity (Wildman–Crippen MR) is 62.9 cm³/mol. The van der Waals surface area contributed by atoms with Crippen LogP contribution in [0.5, 0.6) is 0 Å². The van der Waals surface area contributed by atoms with Crippen LogP contribution in [0, 0.1) is 0 Å². The van der Waals surface area contributed by atoms with Gasteiger partial charge in [0.05, 0.1) is 6.10 Å². The molecule has 1 atom stereocenters. The Hall–Kier alpha value is -1.87. The van der Waals surface area contributed by atoms with Crippen molar-refractivity contribution in [3.8, 4) is 0 Å². The summed E-state index contributed by atoms with van der Waals surface area (Å²) in [6.45, 7) is 0. The van der Waals surface area contributed by atoms with Crippen LogP contribution in [-0.4, -0.2) is 22.3 Å². The number of benzene rings is 1. The highest BCUT2D eigenvalue weighted by Gasteiger charge is 1.95. The standard InChI is InChI=1S/C13H14O3/c14-12(7-4-8-13(15)16)10-9-11-5-2-1-3-6-11/h1-6,8-10,12,14H,7H2,(H,15,16)/t12-/m0/s1. The minimum Gasteiger partial charge on any atom is -0.478 e. The van der Waals surface area contributed by atoms with Crippen molar-refractivity contribution in [3.05, 3.63) is 54.1 Å². The molecule has 16 heavy (non-hydrogen) atoms. The van der Waals surface area contributed by atoms with E-state index >= 15 is 0 Å². The average Bonchev–Trinajstić information content (AvgIpc) is 2.27. The number of aliphatic hydroxyl groups excluding tert-OH is 1. The summed E-state index contributed by atoms with van der Waals surface area (Å²) >= 11 is 0. The van der Waals surface area contributed by atoms with Crippen LogP contribution >= 0.6 is 0 Å². The smallest absolute Gasteiger partial charge is 0.327 e. The Kier molecular flexibility index (Phi) is 5.02. The van der Waals surface area contributed by atoms with Gasteiger partial charge in [-0.2, -0.15) is 0 Å². The number of aliphatic carboxylic acids is 1. The van der Waals surface area contributed by atoms with Crippen molar-refractivity contribution in [3.63, 3.8) is 0 Å². The first kappa shape index (κ1) is 12.2. The lowest BCUT2D eigenvalue weighted by Crippen LogP contribution is -1.99. The Morgan fingerprint density at radius 3 is 2.62 bits per heavy atom. The molecule has 1 rings (SSSR count). The number of aliphatic hydroxyl groups is 1. The van der Waals surface area contributed by atoms with E-state index < -0.39 is 12.1 Å². The SMILES string of the molecule is O=C(O)C=CC[C@H](O)C=Cc1ccccc1. The molecule has 0 heterocycles. The third-order valence-electron chi connectivity index (χ3n) is 1.95. The Morgan fingerprint density at radius 1 is 1.31 bits per heavy atom. The summed E-state index contributed by atoms with van der Waals surface area (Å²) in [5.41, 5.74) is 1.00. The number of rotatable bonds is 5. The van der Waals surface area contributed by atoms with Crippen molar-refractivity contribution in [2.45, 2.75) is 12.5 Å². The fourth-order valence-electron chi connectivity index (χ4n) is 1.17. The Labute approximate surface area is 94.4 Å². The fourth-order valence-corrected chi connectivity index (χ4v) is 1.17. The molecule has 3 nitrogen and oxygen atoms in total. The lowest BCUT2D eigenvalue weighted by molar-refractivity contribution is -0.131. The average molecular weight is 218 g/mol. The molecule has 84 valence electrons. The van der Waals surface area contributed by atoms with Gasteiger partial charge in [-0.3, -0.25) is 0 Å². The van der Waals surface area contributed by atoms with E-state index in [9.17, 15) is 9.90 Å². The monoisotopic (exact) mass is 218 g/mol. The largest absolute Gasteiger partial charge is 0.478 e. The summed E-state index contributed by atoms with van der Waals surface area (Å²) < 4.78 is 0. The van der Waals surface area contributed by atoms with Gasteiger partial charge < -0.3 is 10.2 Å². The van der Waals surface area contributed by atoms with Crippen LogP contribution in [0.1, 0.15) is 12.0 Å². The van der Waals surface area contributed by atoms with Crippen LogP contribution in [0.2, 0.25) is 0 Å². The van der Waals surface area contributed by atoms with Crippen LogP contribution < -0.4 is 0 Å². The van der Waals surface area contributed by atoms with E-state index in [1.54, 1.807) is 12.2 Å². The van der Waals surface area contributed by atoms with Crippen LogP contribution in [0.25, 0.3) is 6.08 Å². The molecule has 1 aromatic rings. The van der Waals surface area contributed by atoms with Crippen LogP contribution in [0.15, 0.2) is 48.6 Å². The molecule has 2 N–H and O–H groups in total. The zero-order chi connectivity index (χ0) is 11.8. The first-order valence-electron chi connectivity index (χ1n) is 4.99. The van der Waals surface area contributed by atoms with E-state index in [0.29, 0.717) is 6.42 Å². The maximum atomic E-state index is 10.2. The highest BCUT2D eigenvalue weighted by molar-refractivity contribution is 5.79. The van der Waals surface area contributed by atoms with Gasteiger partial charge in [0.1, 0.15) is 0 Å². The molecule has 0 saturated heterocycles. The summed E-state index contributed by atoms with van der Waals surface area (Å²) in [7, 11) is 0. The quantitative estimate of drug-likeness (QED) is 0.744. The normalized spacial score (nSPS) is 13.3. The molecule has 0 unspecified atom stereocenters. The summed E-state index contributed by atoms with van der Waals surface area (Å²) in [6.07, 6.45) is 5.55. The molecule has 0 radical (unpaired) electrons. The number of carboxylic acids is 1. The second kappa shape index (κ2) is 6.58. The lowest BCUT2D eigenvalue weighted by atomic mass is 10.1. The molecule has 0 saturated carbocycles. The minimum absolute atomic E-state index is 0.301. The Balaban J connectivity index is 2.42. The van der Waals surface area contributed by atoms with Crippen molar-refractivity contribution >= 4 is 12.0 Å². The van der Waals surface area contributed by atoms with Gasteiger partial charge in [-0.25, -0.2) is 4.79 Å². The van der Waals surface area contributed by atoms with E-state index in [4.69, 9.17) is 5.11 Å². The van der Waals surface area contributed by atoms with Gasteiger partial charge in [0.25, 0.3) is 0 Å². The first-order chi connectivity index (χ1) is 7.68. The van der Waals surface area contributed by atoms with Crippen LogP contribution in [-0.2, 0) is 4.79 Å². The molecule has 0 aliphatic heterocycles. The maximum absolute atomic E-state index is 10.2. The van der Waals surface area contributed by atoms with Gasteiger partial charge in [-0.1, -0.05) is 48.6 Å². The van der Waals surface area contributed by atoms with E-state index in [0.717, 1.165) is 11.6 Å². The van der Waals surface area contributed by atoms with Gasteiger partial charge in [-0.15, -0.1) is 0 Å². The minimum atomic E-state index is -1.00. The first-order valence-corrected chi connectivity index (χ1v) is 4.99. The maximum Gasteiger partial charge on any atom is 0.327 e. The van der Waals surface area contributed by atoms with Gasteiger partial charge in [0.15, 0.2) is 0 Å². The number of hydrogen-bond donors (Lipinski definition) is 2. The molecule has 0 spiro atoms. The molecule has 0 amide bonds.